The van der Waals surface area contributed by atoms with Crippen molar-refractivity contribution in [3.05, 3.63) is 35.4 Å². The summed E-state index contributed by atoms with van der Waals surface area (Å²) in [5, 5.41) is 8.63. The third kappa shape index (κ3) is 2.72. The van der Waals surface area contributed by atoms with E-state index in [1.807, 2.05) is 19.1 Å². The predicted molar refractivity (Wildman–Crippen MR) is 53.0 cm³/mol. The molecule has 0 spiro atoms. The molecule has 0 saturated heterocycles. The largest absolute Gasteiger partial charge is 0.480 e. The van der Waals surface area contributed by atoms with Gasteiger partial charge in [0.2, 0.25) is 0 Å². The van der Waals surface area contributed by atoms with Crippen LogP contribution in [-0.4, -0.2) is 11.1 Å². The van der Waals surface area contributed by atoms with Crippen LogP contribution < -0.4 is 5.73 Å². The summed E-state index contributed by atoms with van der Waals surface area (Å²) in [6, 6.07) is 6.30. The molecule has 0 amide bonds. The number of nitrogens with two attached hydrogens (primary N) is 1. The second-order valence-corrected chi connectivity index (χ2v) is 2.67. The lowest BCUT2D eigenvalue weighted by Gasteiger charge is -2.08. The second kappa shape index (κ2) is 4.84. The number of carboxylic acids is 1. The Kier molecular flexibility index (Phi) is 4.45. The zero-order chi connectivity index (χ0) is 9.14. The Hall–Kier alpha value is -1.06. The van der Waals surface area contributed by atoms with Gasteiger partial charge < -0.3 is 10.8 Å². The lowest BCUT2D eigenvalue weighted by Crippen LogP contribution is -2.21. The zero-order valence-corrected chi connectivity index (χ0v) is 8.04. The molecular formula is C9H12ClNO2. The van der Waals surface area contributed by atoms with Gasteiger partial charge in [0.15, 0.2) is 0 Å². The second-order valence-electron chi connectivity index (χ2n) is 2.67. The molecule has 0 aliphatic carbocycles. The molecule has 0 aromatic heterocycles. The van der Waals surface area contributed by atoms with Crippen LogP contribution in [-0.2, 0) is 4.79 Å². The summed E-state index contributed by atoms with van der Waals surface area (Å²) in [5.41, 5.74) is 7.02. The molecule has 0 heterocycles. The molecule has 1 rings (SSSR count). The number of carboxylic acid groups (broad SMARTS) is 1. The standard InChI is InChI=1S/C9H11NO2.ClH/c1-6-4-2-3-5-7(6)8(10)9(11)12;/h2-5,8H,10H2,1H3,(H,11,12);1H. The molecule has 0 radical (unpaired) electrons. The fraction of sp³-hybridized carbons (Fsp3) is 0.222. The molecule has 1 unspecified atom stereocenters. The molecule has 1 aromatic carbocycles. The maximum atomic E-state index is 10.5. The number of hydrogen-bond acceptors (Lipinski definition) is 2. The molecule has 4 heteroatoms. The van der Waals surface area contributed by atoms with Gasteiger partial charge in [-0.2, -0.15) is 0 Å². The lowest BCUT2D eigenvalue weighted by atomic mass is 10.0. The highest BCUT2D eigenvalue weighted by Crippen LogP contribution is 2.14. The van der Waals surface area contributed by atoms with Crippen molar-refractivity contribution in [2.75, 3.05) is 0 Å². The Morgan fingerprint density at radius 2 is 2.00 bits per heavy atom. The summed E-state index contributed by atoms with van der Waals surface area (Å²) in [6.45, 7) is 1.85. The molecule has 0 fully saturated rings. The summed E-state index contributed by atoms with van der Waals surface area (Å²) in [6.07, 6.45) is 0. The normalized spacial score (nSPS) is 11.5. The summed E-state index contributed by atoms with van der Waals surface area (Å²) >= 11 is 0. The van der Waals surface area contributed by atoms with E-state index in [9.17, 15) is 4.79 Å². The van der Waals surface area contributed by atoms with Gasteiger partial charge in [0, 0.05) is 0 Å². The van der Waals surface area contributed by atoms with Gasteiger partial charge in [-0.15, -0.1) is 12.4 Å². The van der Waals surface area contributed by atoms with Crippen LogP contribution in [0, 0.1) is 6.92 Å². The van der Waals surface area contributed by atoms with Gasteiger partial charge in [-0.3, -0.25) is 4.79 Å². The van der Waals surface area contributed by atoms with Crippen LogP contribution in [0.25, 0.3) is 0 Å². The van der Waals surface area contributed by atoms with Crippen molar-refractivity contribution in [2.45, 2.75) is 13.0 Å². The number of hydrogen-bond donors (Lipinski definition) is 2. The van der Waals surface area contributed by atoms with E-state index in [2.05, 4.69) is 0 Å². The average molecular weight is 202 g/mol. The highest BCUT2D eigenvalue weighted by Gasteiger charge is 2.14. The molecular weight excluding hydrogens is 190 g/mol. The Labute approximate surface area is 83.0 Å². The maximum absolute atomic E-state index is 10.5. The zero-order valence-electron chi connectivity index (χ0n) is 7.23. The summed E-state index contributed by atoms with van der Waals surface area (Å²) in [5.74, 6) is -0.996. The van der Waals surface area contributed by atoms with E-state index in [4.69, 9.17) is 10.8 Å². The van der Waals surface area contributed by atoms with E-state index in [1.165, 1.54) is 0 Å². The molecule has 3 nitrogen and oxygen atoms in total. The molecule has 1 atom stereocenters. The van der Waals surface area contributed by atoms with Crippen LogP contribution in [0.2, 0.25) is 0 Å². The minimum atomic E-state index is -0.996. The van der Waals surface area contributed by atoms with Gasteiger partial charge in [0.25, 0.3) is 0 Å². The van der Waals surface area contributed by atoms with Crippen molar-refractivity contribution >= 4 is 18.4 Å². The monoisotopic (exact) mass is 201 g/mol. The van der Waals surface area contributed by atoms with E-state index in [1.54, 1.807) is 12.1 Å². The molecule has 13 heavy (non-hydrogen) atoms. The Balaban J connectivity index is 0.00000144. The fourth-order valence-corrected chi connectivity index (χ4v) is 1.07. The van der Waals surface area contributed by atoms with Crippen molar-refractivity contribution in [3.8, 4) is 0 Å². The summed E-state index contributed by atoms with van der Waals surface area (Å²) < 4.78 is 0. The van der Waals surface area contributed by atoms with Gasteiger partial charge in [0.05, 0.1) is 0 Å². The van der Waals surface area contributed by atoms with Crippen molar-refractivity contribution < 1.29 is 9.90 Å². The molecule has 0 aliphatic heterocycles. The van der Waals surface area contributed by atoms with Gasteiger partial charge in [-0.05, 0) is 18.1 Å². The number of halogens is 1. The first kappa shape index (κ1) is 11.9. The van der Waals surface area contributed by atoms with Crippen LogP contribution in [0.1, 0.15) is 17.2 Å². The summed E-state index contributed by atoms with van der Waals surface area (Å²) in [7, 11) is 0. The molecule has 0 aliphatic rings. The van der Waals surface area contributed by atoms with Crippen molar-refractivity contribution in [1.29, 1.82) is 0 Å². The van der Waals surface area contributed by atoms with E-state index >= 15 is 0 Å². The summed E-state index contributed by atoms with van der Waals surface area (Å²) in [4.78, 5) is 10.5. The van der Waals surface area contributed by atoms with Crippen LogP contribution in [0.4, 0.5) is 0 Å². The lowest BCUT2D eigenvalue weighted by molar-refractivity contribution is -0.138. The molecule has 3 N–H and O–H groups in total. The third-order valence-corrected chi connectivity index (χ3v) is 1.79. The highest BCUT2D eigenvalue weighted by atomic mass is 35.5. The van der Waals surface area contributed by atoms with Crippen molar-refractivity contribution in [2.24, 2.45) is 5.73 Å². The number of carbonyl (C=O) groups is 1. The number of aryl methyl sites for hydroxylation is 1. The minimum absolute atomic E-state index is 0. The molecule has 0 bridgehead atoms. The van der Waals surface area contributed by atoms with Gasteiger partial charge >= 0.3 is 5.97 Å². The van der Waals surface area contributed by atoms with Crippen LogP contribution >= 0.6 is 12.4 Å². The van der Waals surface area contributed by atoms with Gasteiger partial charge in [0.1, 0.15) is 6.04 Å². The quantitative estimate of drug-likeness (QED) is 0.762. The third-order valence-electron chi connectivity index (χ3n) is 1.79. The smallest absolute Gasteiger partial charge is 0.325 e. The first-order chi connectivity index (χ1) is 5.63. The SMILES string of the molecule is Cc1ccccc1C(N)C(=O)O.Cl. The average Bonchev–Trinajstić information content (AvgIpc) is 2.04. The van der Waals surface area contributed by atoms with Crippen molar-refractivity contribution in [1.82, 2.24) is 0 Å². The highest BCUT2D eigenvalue weighted by molar-refractivity contribution is 5.85. The maximum Gasteiger partial charge on any atom is 0.325 e. The molecule has 1 aromatic rings. The van der Waals surface area contributed by atoms with E-state index in [0.29, 0.717) is 5.56 Å². The molecule has 0 saturated carbocycles. The number of aliphatic carboxylic acids is 1. The Morgan fingerprint density at radius 3 is 2.46 bits per heavy atom. The Bertz CT molecular complexity index is 301. The number of benzene rings is 1. The van der Waals surface area contributed by atoms with Crippen LogP contribution in [0.3, 0.4) is 0 Å². The number of rotatable bonds is 2. The van der Waals surface area contributed by atoms with Gasteiger partial charge in [-0.25, -0.2) is 0 Å². The minimum Gasteiger partial charge on any atom is -0.480 e. The van der Waals surface area contributed by atoms with Gasteiger partial charge in [-0.1, -0.05) is 24.3 Å². The van der Waals surface area contributed by atoms with E-state index < -0.39 is 12.0 Å². The predicted octanol–water partition coefficient (Wildman–Crippen LogP) is 1.50. The van der Waals surface area contributed by atoms with Crippen molar-refractivity contribution in [3.63, 3.8) is 0 Å². The first-order valence-corrected chi connectivity index (χ1v) is 3.67. The van der Waals surface area contributed by atoms with E-state index in [-0.39, 0.29) is 12.4 Å². The van der Waals surface area contributed by atoms with Crippen LogP contribution in [0.5, 0.6) is 0 Å². The van der Waals surface area contributed by atoms with Crippen LogP contribution in [0.15, 0.2) is 24.3 Å². The van der Waals surface area contributed by atoms with E-state index in [0.717, 1.165) is 5.56 Å². The molecule has 72 valence electrons. The topological polar surface area (TPSA) is 63.3 Å². The Morgan fingerprint density at radius 1 is 1.46 bits per heavy atom. The fourth-order valence-electron chi connectivity index (χ4n) is 1.07. The first-order valence-electron chi connectivity index (χ1n) is 3.67.